The first-order valence-electron chi connectivity index (χ1n) is 6.40. The molecule has 0 radical (unpaired) electrons. The first-order valence-corrected chi connectivity index (χ1v) is 6.40. The Balaban J connectivity index is 1.98. The van der Waals surface area contributed by atoms with Gasteiger partial charge in [-0.2, -0.15) is 10.2 Å². The second-order valence-corrected chi connectivity index (χ2v) is 4.10. The molecule has 1 aliphatic heterocycles. The zero-order chi connectivity index (χ0) is 14.5. The molecule has 0 atom stereocenters. The van der Waals surface area contributed by atoms with E-state index >= 15 is 0 Å². The van der Waals surface area contributed by atoms with Gasteiger partial charge in [0.2, 0.25) is 0 Å². The smallest absolute Gasteiger partial charge is 0.196 e. The van der Waals surface area contributed by atoms with Crippen molar-refractivity contribution in [3.05, 3.63) is 48.6 Å². The van der Waals surface area contributed by atoms with Crippen molar-refractivity contribution in [2.24, 2.45) is 15.3 Å². The largest absolute Gasteiger partial charge is 0.261 e. The Labute approximate surface area is 120 Å². The summed E-state index contributed by atoms with van der Waals surface area (Å²) in [6.45, 7) is 1.98. The molecule has 3 heterocycles. The zero-order valence-corrected chi connectivity index (χ0v) is 11.3. The number of amidine groups is 1. The minimum atomic E-state index is 0.438. The summed E-state index contributed by atoms with van der Waals surface area (Å²) in [5.41, 5.74) is 5.42. The molecule has 0 spiro atoms. The summed E-state index contributed by atoms with van der Waals surface area (Å²) in [7, 11) is 0. The Bertz CT molecular complexity index is 705. The van der Waals surface area contributed by atoms with Crippen LogP contribution in [0.4, 0.5) is 0 Å². The number of hydrogen-bond donors (Lipinski definition) is 1. The van der Waals surface area contributed by atoms with Gasteiger partial charge in [0.15, 0.2) is 5.84 Å². The monoisotopic (exact) mass is 280 g/mol. The van der Waals surface area contributed by atoms with E-state index in [0.717, 1.165) is 5.71 Å². The SMILES string of the molecule is CCC1=NN=C(c2cnccn2)NN=C1c1cnccn1. The van der Waals surface area contributed by atoms with Crippen LogP contribution in [-0.2, 0) is 0 Å². The summed E-state index contributed by atoms with van der Waals surface area (Å²) in [6.07, 6.45) is 10.3. The van der Waals surface area contributed by atoms with Gasteiger partial charge in [0.05, 0.1) is 18.1 Å². The van der Waals surface area contributed by atoms with Crippen LogP contribution in [0.5, 0.6) is 0 Å². The van der Waals surface area contributed by atoms with Gasteiger partial charge in [0.25, 0.3) is 0 Å². The lowest BCUT2D eigenvalue weighted by molar-refractivity contribution is 0.994. The Kier molecular flexibility index (Phi) is 3.68. The molecule has 1 N–H and O–H groups in total. The topological polar surface area (TPSA) is 101 Å². The molecule has 104 valence electrons. The molecule has 0 aromatic carbocycles. The highest BCUT2D eigenvalue weighted by molar-refractivity contribution is 6.48. The molecule has 0 saturated carbocycles. The van der Waals surface area contributed by atoms with Gasteiger partial charge in [-0.25, -0.2) is 4.98 Å². The van der Waals surface area contributed by atoms with E-state index in [4.69, 9.17) is 0 Å². The van der Waals surface area contributed by atoms with E-state index in [1.54, 1.807) is 37.2 Å². The van der Waals surface area contributed by atoms with Gasteiger partial charge in [-0.15, -0.1) is 5.10 Å². The quantitative estimate of drug-likeness (QED) is 0.895. The number of nitrogens with zero attached hydrogens (tertiary/aromatic N) is 7. The highest BCUT2D eigenvalue weighted by Crippen LogP contribution is 2.05. The number of hydrogen-bond acceptors (Lipinski definition) is 8. The molecule has 0 aliphatic carbocycles. The number of rotatable bonds is 3. The van der Waals surface area contributed by atoms with Crippen molar-refractivity contribution in [2.75, 3.05) is 0 Å². The molecule has 2 aromatic rings. The van der Waals surface area contributed by atoms with E-state index in [1.807, 2.05) is 6.92 Å². The van der Waals surface area contributed by atoms with Gasteiger partial charge in [0, 0.05) is 24.8 Å². The van der Waals surface area contributed by atoms with Crippen LogP contribution in [0.15, 0.2) is 52.5 Å². The van der Waals surface area contributed by atoms with Gasteiger partial charge >= 0.3 is 0 Å². The maximum absolute atomic E-state index is 4.34. The van der Waals surface area contributed by atoms with E-state index < -0.39 is 0 Å². The third-order valence-electron chi connectivity index (χ3n) is 2.76. The molecule has 8 heteroatoms. The standard InChI is InChI=1S/C13H12N8/c1-2-9-12(10-7-14-3-5-16-10)19-21-13(20-18-9)11-8-15-4-6-17-11/h3-8H,2H2,1H3,(H,20,21). The Hall–Kier alpha value is -3.03. The lowest BCUT2D eigenvalue weighted by atomic mass is 10.1. The Morgan fingerprint density at radius 3 is 2.24 bits per heavy atom. The first kappa shape index (κ1) is 13.0. The molecular formula is C13H12N8. The van der Waals surface area contributed by atoms with Gasteiger partial charge in [-0.05, 0) is 6.42 Å². The van der Waals surface area contributed by atoms with Crippen molar-refractivity contribution < 1.29 is 0 Å². The summed E-state index contributed by atoms with van der Waals surface area (Å²) >= 11 is 0. The van der Waals surface area contributed by atoms with E-state index in [1.165, 1.54) is 0 Å². The van der Waals surface area contributed by atoms with E-state index in [2.05, 4.69) is 40.7 Å². The highest BCUT2D eigenvalue weighted by Gasteiger charge is 2.16. The van der Waals surface area contributed by atoms with E-state index in [0.29, 0.717) is 29.4 Å². The van der Waals surface area contributed by atoms with Crippen LogP contribution >= 0.6 is 0 Å². The predicted octanol–water partition coefficient (Wildman–Crippen LogP) is 0.787. The van der Waals surface area contributed by atoms with Gasteiger partial charge < -0.3 is 0 Å². The molecule has 21 heavy (non-hydrogen) atoms. The van der Waals surface area contributed by atoms with Gasteiger partial charge in [0.1, 0.15) is 17.1 Å². The molecule has 8 nitrogen and oxygen atoms in total. The van der Waals surface area contributed by atoms with Crippen molar-refractivity contribution in [1.29, 1.82) is 0 Å². The summed E-state index contributed by atoms with van der Waals surface area (Å²) in [5, 5.41) is 12.7. The average Bonchev–Trinajstić information content (AvgIpc) is 2.79. The number of nitrogens with one attached hydrogen (secondary N) is 1. The van der Waals surface area contributed by atoms with Crippen molar-refractivity contribution in [2.45, 2.75) is 13.3 Å². The van der Waals surface area contributed by atoms with Crippen LogP contribution in [0, 0.1) is 0 Å². The highest BCUT2D eigenvalue weighted by atomic mass is 15.4. The maximum atomic E-state index is 4.34. The van der Waals surface area contributed by atoms with E-state index in [-0.39, 0.29) is 0 Å². The van der Waals surface area contributed by atoms with Crippen LogP contribution in [-0.4, -0.2) is 37.2 Å². The van der Waals surface area contributed by atoms with Crippen molar-refractivity contribution in [3.63, 3.8) is 0 Å². The second kappa shape index (κ2) is 5.95. The third-order valence-corrected chi connectivity index (χ3v) is 2.76. The molecule has 0 bridgehead atoms. The van der Waals surface area contributed by atoms with Gasteiger partial charge in [-0.1, -0.05) is 6.92 Å². The lowest BCUT2D eigenvalue weighted by Crippen LogP contribution is -2.23. The summed E-state index contributed by atoms with van der Waals surface area (Å²) in [4.78, 5) is 16.5. The van der Waals surface area contributed by atoms with Crippen LogP contribution in [0.25, 0.3) is 0 Å². The van der Waals surface area contributed by atoms with Crippen molar-refractivity contribution in [1.82, 2.24) is 25.4 Å². The fraction of sp³-hybridized carbons (Fsp3) is 0.154. The van der Waals surface area contributed by atoms with Crippen molar-refractivity contribution >= 4 is 17.3 Å². The predicted molar refractivity (Wildman–Crippen MR) is 78.0 cm³/mol. The van der Waals surface area contributed by atoms with Crippen LogP contribution < -0.4 is 5.43 Å². The molecule has 0 unspecified atom stereocenters. The fourth-order valence-corrected chi connectivity index (χ4v) is 1.75. The summed E-state index contributed by atoms with van der Waals surface area (Å²) < 4.78 is 0. The van der Waals surface area contributed by atoms with Crippen LogP contribution in [0.1, 0.15) is 24.7 Å². The molecular weight excluding hydrogens is 268 g/mol. The Morgan fingerprint density at radius 2 is 1.62 bits per heavy atom. The molecule has 0 amide bonds. The maximum Gasteiger partial charge on any atom is 0.196 e. The molecule has 2 aromatic heterocycles. The Morgan fingerprint density at radius 1 is 0.905 bits per heavy atom. The van der Waals surface area contributed by atoms with Crippen LogP contribution in [0.2, 0.25) is 0 Å². The average molecular weight is 280 g/mol. The fourth-order valence-electron chi connectivity index (χ4n) is 1.75. The summed E-state index contributed by atoms with van der Waals surface area (Å²) in [5.74, 6) is 0.438. The molecule has 3 rings (SSSR count). The van der Waals surface area contributed by atoms with Crippen LogP contribution in [0.3, 0.4) is 0 Å². The third kappa shape index (κ3) is 2.78. The molecule has 0 saturated heterocycles. The van der Waals surface area contributed by atoms with Gasteiger partial charge in [-0.3, -0.25) is 20.4 Å². The van der Waals surface area contributed by atoms with Crippen molar-refractivity contribution in [3.8, 4) is 0 Å². The second-order valence-electron chi connectivity index (χ2n) is 4.10. The van der Waals surface area contributed by atoms with E-state index in [9.17, 15) is 0 Å². The molecule has 0 fully saturated rings. The minimum Gasteiger partial charge on any atom is -0.261 e. The normalized spacial score (nSPS) is 14.4. The lowest BCUT2D eigenvalue weighted by Gasteiger charge is -2.04. The number of hydrazone groups is 1. The minimum absolute atomic E-state index is 0.438. The molecule has 1 aliphatic rings. The zero-order valence-electron chi connectivity index (χ0n) is 11.3. The first-order chi connectivity index (χ1) is 10.4. The summed E-state index contributed by atoms with van der Waals surface area (Å²) in [6, 6.07) is 0. The number of aromatic nitrogens is 4.